The Labute approximate surface area is 205 Å². The number of alkyl halides is 3. The van der Waals surface area contributed by atoms with Crippen LogP contribution in [-0.2, 0) is 13.2 Å². The number of nitrogens with one attached hydrogen (secondary N) is 1. The van der Waals surface area contributed by atoms with Crippen LogP contribution in [0.5, 0.6) is 0 Å². The van der Waals surface area contributed by atoms with E-state index >= 15 is 0 Å². The van der Waals surface area contributed by atoms with E-state index in [0.29, 0.717) is 49.1 Å². The summed E-state index contributed by atoms with van der Waals surface area (Å²) in [7, 11) is 3.21. The number of rotatable bonds is 5. The summed E-state index contributed by atoms with van der Waals surface area (Å²) in [4.78, 5) is 29.1. The van der Waals surface area contributed by atoms with Crippen molar-refractivity contribution in [2.24, 2.45) is 7.05 Å². The summed E-state index contributed by atoms with van der Waals surface area (Å²) in [6.07, 6.45) is -2.43. The SMILES string of the molecule is CN(C(=O)c1ccc(F)cc1C(F)(F)F)C1CCN(C(=O)c2ccccc2Nc2ccnn2C)CC1. The summed E-state index contributed by atoms with van der Waals surface area (Å²) in [5.41, 5.74) is -0.802. The number of aryl methyl sites for hydroxylation is 1. The number of nitrogens with zero attached hydrogens (tertiary/aromatic N) is 4. The smallest absolute Gasteiger partial charge is 0.340 e. The van der Waals surface area contributed by atoms with Gasteiger partial charge in [0.05, 0.1) is 28.6 Å². The van der Waals surface area contributed by atoms with Crippen molar-refractivity contribution in [2.75, 3.05) is 25.5 Å². The molecular formula is C25H25F4N5O2. The van der Waals surface area contributed by atoms with E-state index in [9.17, 15) is 27.2 Å². The van der Waals surface area contributed by atoms with E-state index in [1.807, 2.05) is 6.07 Å². The number of benzene rings is 2. The third-order valence-corrected chi connectivity index (χ3v) is 6.38. The van der Waals surface area contributed by atoms with Crippen LogP contribution >= 0.6 is 0 Å². The number of para-hydroxylation sites is 1. The minimum atomic E-state index is -4.86. The molecule has 0 saturated carbocycles. The lowest BCUT2D eigenvalue weighted by Crippen LogP contribution is -2.47. The van der Waals surface area contributed by atoms with E-state index in [1.54, 1.807) is 47.1 Å². The quantitative estimate of drug-likeness (QED) is 0.513. The van der Waals surface area contributed by atoms with Gasteiger partial charge in [-0.25, -0.2) is 4.39 Å². The van der Waals surface area contributed by atoms with Gasteiger partial charge < -0.3 is 15.1 Å². The van der Waals surface area contributed by atoms with E-state index in [0.717, 1.165) is 12.1 Å². The maximum atomic E-state index is 13.4. The number of halogens is 4. The molecule has 0 bridgehead atoms. The summed E-state index contributed by atoms with van der Waals surface area (Å²) in [5, 5.41) is 7.31. The molecule has 2 aromatic carbocycles. The molecule has 0 atom stereocenters. The maximum Gasteiger partial charge on any atom is 0.417 e. The minimum Gasteiger partial charge on any atom is -0.340 e. The zero-order valence-electron chi connectivity index (χ0n) is 19.7. The molecule has 0 radical (unpaired) electrons. The zero-order chi connectivity index (χ0) is 26.0. The number of anilines is 2. The van der Waals surface area contributed by atoms with Gasteiger partial charge in [-0.2, -0.15) is 18.3 Å². The van der Waals surface area contributed by atoms with Crippen LogP contribution in [0.3, 0.4) is 0 Å². The van der Waals surface area contributed by atoms with Crippen LogP contribution in [0, 0.1) is 5.82 Å². The predicted octanol–water partition coefficient (Wildman–Crippen LogP) is 4.70. The molecule has 2 heterocycles. The van der Waals surface area contributed by atoms with Crippen LogP contribution in [0.4, 0.5) is 29.1 Å². The van der Waals surface area contributed by atoms with Gasteiger partial charge in [0.1, 0.15) is 11.6 Å². The van der Waals surface area contributed by atoms with Gasteiger partial charge in [0.25, 0.3) is 11.8 Å². The number of hydrogen-bond acceptors (Lipinski definition) is 4. The van der Waals surface area contributed by atoms with Crippen LogP contribution in [0.25, 0.3) is 0 Å². The fourth-order valence-electron chi connectivity index (χ4n) is 4.33. The van der Waals surface area contributed by atoms with Crippen molar-refractivity contribution in [3.05, 3.63) is 77.2 Å². The average molecular weight is 504 g/mol. The molecule has 1 fully saturated rings. The first-order valence-corrected chi connectivity index (χ1v) is 11.3. The summed E-state index contributed by atoms with van der Waals surface area (Å²) in [6.45, 7) is 0.660. The molecule has 3 aromatic rings. The molecule has 11 heteroatoms. The van der Waals surface area contributed by atoms with E-state index in [4.69, 9.17) is 0 Å². The minimum absolute atomic E-state index is 0.189. The predicted molar refractivity (Wildman–Crippen MR) is 125 cm³/mol. The Bertz CT molecular complexity index is 1270. The lowest BCUT2D eigenvalue weighted by Gasteiger charge is -2.37. The Hall–Kier alpha value is -3.89. The Balaban J connectivity index is 1.44. The Morgan fingerprint density at radius 3 is 2.39 bits per heavy atom. The maximum absolute atomic E-state index is 13.4. The van der Waals surface area contributed by atoms with Crippen LogP contribution in [-0.4, -0.2) is 57.6 Å². The molecule has 0 unspecified atom stereocenters. The van der Waals surface area contributed by atoms with Crippen molar-refractivity contribution in [1.29, 1.82) is 0 Å². The number of piperidine rings is 1. The van der Waals surface area contributed by atoms with Crippen molar-refractivity contribution < 1.29 is 27.2 Å². The van der Waals surface area contributed by atoms with Gasteiger partial charge in [0.2, 0.25) is 0 Å². The lowest BCUT2D eigenvalue weighted by atomic mass is 9.99. The summed E-state index contributed by atoms with van der Waals surface area (Å²) >= 11 is 0. The summed E-state index contributed by atoms with van der Waals surface area (Å²) < 4.78 is 55.2. The van der Waals surface area contributed by atoms with Crippen molar-refractivity contribution in [1.82, 2.24) is 19.6 Å². The molecule has 2 amide bonds. The van der Waals surface area contributed by atoms with E-state index in [2.05, 4.69) is 10.4 Å². The van der Waals surface area contributed by atoms with Crippen LogP contribution < -0.4 is 5.32 Å². The molecule has 0 aliphatic carbocycles. The molecule has 1 aliphatic heterocycles. The van der Waals surface area contributed by atoms with E-state index in [-0.39, 0.29) is 11.9 Å². The Kier molecular flexibility index (Phi) is 7.00. The molecule has 1 saturated heterocycles. The van der Waals surface area contributed by atoms with E-state index in [1.165, 1.54) is 11.9 Å². The van der Waals surface area contributed by atoms with Gasteiger partial charge in [-0.1, -0.05) is 12.1 Å². The third-order valence-electron chi connectivity index (χ3n) is 6.38. The Morgan fingerprint density at radius 1 is 1.06 bits per heavy atom. The lowest BCUT2D eigenvalue weighted by molar-refractivity contribution is -0.138. The summed E-state index contributed by atoms with van der Waals surface area (Å²) in [5.74, 6) is -1.37. The van der Waals surface area contributed by atoms with Crippen molar-refractivity contribution >= 4 is 23.3 Å². The number of amides is 2. The fraction of sp³-hybridized carbons (Fsp3) is 0.320. The molecule has 1 aliphatic rings. The first-order valence-electron chi connectivity index (χ1n) is 11.3. The molecular weight excluding hydrogens is 478 g/mol. The van der Waals surface area contributed by atoms with Gasteiger partial charge in [0.15, 0.2) is 0 Å². The number of hydrogen-bond donors (Lipinski definition) is 1. The molecule has 1 N–H and O–H groups in total. The van der Waals surface area contributed by atoms with Crippen LogP contribution in [0.15, 0.2) is 54.7 Å². The Morgan fingerprint density at radius 2 is 1.75 bits per heavy atom. The highest BCUT2D eigenvalue weighted by molar-refractivity contribution is 6.00. The highest BCUT2D eigenvalue weighted by Gasteiger charge is 2.37. The van der Waals surface area contributed by atoms with Gasteiger partial charge in [-0.05, 0) is 43.2 Å². The second-order valence-corrected chi connectivity index (χ2v) is 8.64. The molecule has 36 heavy (non-hydrogen) atoms. The van der Waals surface area contributed by atoms with Crippen LogP contribution in [0.1, 0.15) is 39.1 Å². The standard InChI is InChI=1S/C25H25F4N5O2/c1-32(23(35)18-8-7-16(26)15-20(18)25(27,28)29)17-10-13-34(14-11-17)24(36)19-5-3-4-6-21(19)31-22-9-12-30-33(22)2/h3-9,12,15,17,31H,10-11,13-14H2,1-2H3. The van der Waals surface area contributed by atoms with Crippen molar-refractivity contribution in [3.8, 4) is 0 Å². The molecule has 7 nitrogen and oxygen atoms in total. The van der Waals surface area contributed by atoms with Gasteiger partial charge >= 0.3 is 6.18 Å². The highest BCUT2D eigenvalue weighted by Crippen LogP contribution is 2.34. The highest BCUT2D eigenvalue weighted by atomic mass is 19.4. The topological polar surface area (TPSA) is 70.5 Å². The normalized spacial score (nSPS) is 14.6. The van der Waals surface area contributed by atoms with Gasteiger partial charge in [-0.15, -0.1) is 0 Å². The number of carbonyl (C=O) groups excluding carboxylic acids is 2. The first kappa shape index (κ1) is 25.2. The molecule has 0 spiro atoms. The largest absolute Gasteiger partial charge is 0.417 e. The molecule has 4 rings (SSSR count). The van der Waals surface area contributed by atoms with Crippen molar-refractivity contribution in [2.45, 2.75) is 25.1 Å². The average Bonchev–Trinajstić information content (AvgIpc) is 3.26. The zero-order valence-corrected chi connectivity index (χ0v) is 19.7. The third kappa shape index (κ3) is 5.19. The van der Waals surface area contributed by atoms with Crippen LogP contribution in [0.2, 0.25) is 0 Å². The molecule has 190 valence electrons. The van der Waals surface area contributed by atoms with Crippen molar-refractivity contribution in [3.63, 3.8) is 0 Å². The number of likely N-dealkylation sites (tertiary alicyclic amines) is 1. The van der Waals surface area contributed by atoms with E-state index < -0.39 is 29.0 Å². The van der Waals surface area contributed by atoms with Gasteiger partial charge in [-0.3, -0.25) is 14.3 Å². The number of carbonyl (C=O) groups is 2. The monoisotopic (exact) mass is 503 g/mol. The first-order chi connectivity index (χ1) is 17.1. The second-order valence-electron chi connectivity index (χ2n) is 8.64. The van der Waals surface area contributed by atoms with Gasteiger partial charge in [0, 0.05) is 39.3 Å². The number of aromatic nitrogens is 2. The molecule has 1 aromatic heterocycles. The fourth-order valence-corrected chi connectivity index (χ4v) is 4.33. The summed E-state index contributed by atoms with van der Waals surface area (Å²) in [6, 6.07) is 10.5. The second kappa shape index (κ2) is 10.00.